The minimum Gasteiger partial charge on any atom is -0.461 e. The van der Waals surface area contributed by atoms with Crippen LogP contribution in [0.2, 0.25) is 0 Å². The van der Waals surface area contributed by atoms with Crippen LogP contribution in [-0.4, -0.2) is 34.0 Å². The highest BCUT2D eigenvalue weighted by Crippen LogP contribution is 2.06. The summed E-state index contributed by atoms with van der Waals surface area (Å²) in [5.74, 6) is -0.681. The molecule has 7 heteroatoms. The Morgan fingerprint density at radius 2 is 2.53 bits per heavy atom. The molecule has 0 aliphatic rings. The maximum atomic E-state index is 11.3. The number of carbonyl (C=O) groups excluding carboxylic acids is 1. The van der Waals surface area contributed by atoms with E-state index in [0.29, 0.717) is 0 Å². The van der Waals surface area contributed by atoms with Crippen LogP contribution in [0.1, 0.15) is 23.1 Å². The molecule has 1 heterocycles. The summed E-state index contributed by atoms with van der Waals surface area (Å²) in [6.07, 6.45) is 2.31. The van der Waals surface area contributed by atoms with Crippen LogP contribution < -0.4 is 5.73 Å². The van der Waals surface area contributed by atoms with Crippen molar-refractivity contribution >= 4 is 18.0 Å². The van der Waals surface area contributed by atoms with Crippen LogP contribution in [0.4, 0.5) is 5.82 Å². The Labute approximate surface area is 85.6 Å². The summed E-state index contributed by atoms with van der Waals surface area (Å²) in [5, 5.41) is 11.0. The van der Waals surface area contributed by atoms with Crippen LogP contribution >= 0.6 is 0 Å². The lowest BCUT2D eigenvalue weighted by atomic mass is 10.4. The van der Waals surface area contributed by atoms with Gasteiger partial charge in [0.05, 0.1) is 19.0 Å². The molecule has 0 fully saturated rings. The number of rotatable bonds is 3. The summed E-state index contributed by atoms with van der Waals surface area (Å²) in [5.41, 5.74) is 5.56. The molecule has 1 aromatic heterocycles. The van der Waals surface area contributed by atoms with E-state index in [2.05, 4.69) is 15.1 Å². The maximum Gasteiger partial charge on any atom is 0.360 e. The Balaban J connectivity index is 3.04. The first-order chi connectivity index (χ1) is 7.19. The number of aromatic nitrogens is 2. The number of hydrogen-bond acceptors (Lipinski definition) is 7. The summed E-state index contributed by atoms with van der Waals surface area (Å²) >= 11 is 0. The number of oxime groups is 1. The number of esters is 1. The Morgan fingerprint density at radius 1 is 1.80 bits per heavy atom. The fourth-order valence-electron chi connectivity index (χ4n) is 0.883. The van der Waals surface area contributed by atoms with Crippen molar-refractivity contribution in [1.29, 1.82) is 0 Å². The molecule has 0 aromatic carbocycles. The van der Waals surface area contributed by atoms with Gasteiger partial charge in [0.1, 0.15) is 5.69 Å². The van der Waals surface area contributed by atoms with Gasteiger partial charge in [-0.25, -0.2) is 14.8 Å². The fourth-order valence-corrected chi connectivity index (χ4v) is 0.883. The zero-order chi connectivity index (χ0) is 11.3. The highest BCUT2D eigenvalue weighted by Gasteiger charge is 2.14. The van der Waals surface area contributed by atoms with Gasteiger partial charge in [0.15, 0.2) is 11.5 Å². The van der Waals surface area contributed by atoms with Gasteiger partial charge < -0.3 is 15.7 Å². The smallest absolute Gasteiger partial charge is 0.360 e. The zero-order valence-corrected chi connectivity index (χ0v) is 8.04. The minimum atomic E-state index is -0.657. The molecular formula is C8H10N4O3. The van der Waals surface area contributed by atoms with Crippen molar-refractivity contribution in [2.45, 2.75) is 6.92 Å². The third kappa shape index (κ3) is 2.63. The van der Waals surface area contributed by atoms with Crippen molar-refractivity contribution in [2.75, 3.05) is 12.3 Å². The molecule has 3 N–H and O–H groups in total. The Hall–Kier alpha value is -2.18. The lowest BCUT2D eigenvalue weighted by Crippen LogP contribution is -2.13. The van der Waals surface area contributed by atoms with E-state index in [1.165, 1.54) is 6.20 Å². The number of anilines is 1. The summed E-state index contributed by atoms with van der Waals surface area (Å²) < 4.78 is 4.71. The summed E-state index contributed by atoms with van der Waals surface area (Å²) in [6.45, 7) is 1.89. The van der Waals surface area contributed by atoms with Gasteiger partial charge >= 0.3 is 5.97 Å². The van der Waals surface area contributed by atoms with Crippen molar-refractivity contribution < 1.29 is 14.7 Å². The van der Waals surface area contributed by atoms with E-state index in [9.17, 15) is 4.79 Å². The summed E-state index contributed by atoms with van der Waals surface area (Å²) in [6, 6.07) is 0. The van der Waals surface area contributed by atoms with E-state index in [4.69, 9.17) is 15.7 Å². The number of hydrogen-bond donors (Lipinski definition) is 2. The molecule has 0 radical (unpaired) electrons. The first-order valence-corrected chi connectivity index (χ1v) is 4.16. The Kier molecular flexibility index (Phi) is 3.55. The predicted octanol–water partition coefficient (Wildman–Crippen LogP) is 0.0436. The molecule has 0 saturated heterocycles. The largest absolute Gasteiger partial charge is 0.461 e. The van der Waals surface area contributed by atoms with Gasteiger partial charge in [-0.1, -0.05) is 5.16 Å². The van der Waals surface area contributed by atoms with Crippen LogP contribution in [0, 0.1) is 0 Å². The second kappa shape index (κ2) is 4.89. The van der Waals surface area contributed by atoms with Crippen LogP contribution in [0.3, 0.4) is 0 Å². The van der Waals surface area contributed by atoms with Gasteiger partial charge in [-0.05, 0) is 6.92 Å². The molecule has 0 aliphatic heterocycles. The van der Waals surface area contributed by atoms with Gasteiger partial charge in [-0.15, -0.1) is 0 Å². The quantitative estimate of drug-likeness (QED) is 0.315. The topological polar surface area (TPSA) is 111 Å². The molecule has 0 aliphatic carbocycles. The highest BCUT2D eigenvalue weighted by molar-refractivity contribution is 5.92. The number of nitrogen functional groups attached to an aromatic ring is 1. The van der Waals surface area contributed by atoms with Crippen molar-refractivity contribution in [3.63, 3.8) is 0 Å². The van der Waals surface area contributed by atoms with Gasteiger partial charge in [0.2, 0.25) is 0 Å². The summed E-state index contributed by atoms with van der Waals surface area (Å²) in [4.78, 5) is 18.8. The third-order valence-corrected chi connectivity index (χ3v) is 1.48. The molecule has 0 bridgehead atoms. The minimum absolute atomic E-state index is 0.0245. The van der Waals surface area contributed by atoms with E-state index in [-0.39, 0.29) is 23.8 Å². The van der Waals surface area contributed by atoms with Gasteiger partial charge in [0, 0.05) is 0 Å². The molecule has 0 unspecified atom stereocenters. The lowest BCUT2D eigenvalue weighted by molar-refractivity contribution is 0.0520. The van der Waals surface area contributed by atoms with Crippen LogP contribution in [0.15, 0.2) is 11.4 Å². The van der Waals surface area contributed by atoms with Gasteiger partial charge in [-0.2, -0.15) is 0 Å². The number of nitrogens with two attached hydrogens (primary N) is 1. The highest BCUT2D eigenvalue weighted by atomic mass is 16.5. The first-order valence-electron chi connectivity index (χ1n) is 4.16. The normalized spacial score (nSPS) is 10.5. The van der Waals surface area contributed by atoms with E-state index in [0.717, 1.165) is 6.21 Å². The SMILES string of the molecule is CCOC(=O)c1nc(/C=N\O)cnc1N. The molecular weight excluding hydrogens is 200 g/mol. The second-order valence-corrected chi connectivity index (χ2v) is 2.49. The molecule has 7 nitrogen and oxygen atoms in total. The Bertz CT molecular complexity index is 391. The van der Waals surface area contributed by atoms with Crippen molar-refractivity contribution in [3.05, 3.63) is 17.6 Å². The van der Waals surface area contributed by atoms with E-state index in [1.807, 2.05) is 0 Å². The maximum absolute atomic E-state index is 11.3. The molecule has 15 heavy (non-hydrogen) atoms. The molecule has 0 saturated carbocycles. The van der Waals surface area contributed by atoms with Gasteiger partial charge in [-0.3, -0.25) is 0 Å². The molecule has 1 rings (SSSR count). The second-order valence-electron chi connectivity index (χ2n) is 2.49. The van der Waals surface area contributed by atoms with E-state index < -0.39 is 5.97 Å². The third-order valence-electron chi connectivity index (χ3n) is 1.48. The first kappa shape index (κ1) is 10.9. The zero-order valence-electron chi connectivity index (χ0n) is 8.04. The summed E-state index contributed by atoms with van der Waals surface area (Å²) in [7, 11) is 0. The number of ether oxygens (including phenoxy) is 1. The number of nitrogens with zero attached hydrogens (tertiary/aromatic N) is 3. The number of carbonyl (C=O) groups is 1. The van der Waals surface area contributed by atoms with Crippen LogP contribution in [0.25, 0.3) is 0 Å². The van der Waals surface area contributed by atoms with Crippen LogP contribution in [0.5, 0.6) is 0 Å². The van der Waals surface area contributed by atoms with Crippen molar-refractivity contribution in [1.82, 2.24) is 9.97 Å². The molecule has 0 atom stereocenters. The lowest BCUT2D eigenvalue weighted by Gasteiger charge is -2.03. The van der Waals surface area contributed by atoms with Crippen molar-refractivity contribution in [2.24, 2.45) is 5.16 Å². The predicted molar refractivity (Wildman–Crippen MR) is 51.8 cm³/mol. The monoisotopic (exact) mass is 210 g/mol. The van der Waals surface area contributed by atoms with E-state index in [1.54, 1.807) is 6.92 Å². The fraction of sp³-hybridized carbons (Fsp3) is 0.250. The van der Waals surface area contributed by atoms with Crippen molar-refractivity contribution in [3.8, 4) is 0 Å². The molecule has 1 aromatic rings. The molecule has 0 spiro atoms. The molecule has 80 valence electrons. The average molecular weight is 210 g/mol. The van der Waals surface area contributed by atoms with E-state index >= 15 is 0 Å². The Morgan fingerprint density at radius 3 is 3.13 bits per heavy atom. The van der Waals surface area contributed by atoms with Crippen LogP contribution in [-0.2, 0) is 4.74 Å². The average Bonchev–Trinajstić information content (AvgIpc) is 2.21. The molecule has 0 amide bonds. The standard InChI is InChI=1S/C8H10N4O3/c1-2-15-8(13)6-7(9)10-3-5(12-6)4-11-14/h3-4,14H,2H2,1H3,(H2,9,10)/b11-4-. The van der Waals surface area contributed by atoms with Gasteiger partial charge in [0.25, 0.3) is 0 Å².